The van der Waals surface area contributed by atoms with Gasteiger partial charge in [-0.15, -0.1) is 0 Å². The van der Waals surface area contributed by atoms with E-state index in [1.165, 1.54) is 6.07 Å². The lowest BCUT2D eigenvalue weighted by Crippen LogP contribution is -2.45. The van der Waals surface area contributed by atoms with Gasteiger partial charge in [0.15, 0.2) is 0 Å². The van der Waals surface area contributed by atoms with Crippen molar-refractivity contribution in [3.63, 3.8) is 0 Å². The lowest BCUT2D eigenvalue weighted by molar-refractivity contribution is -0.00517. The lowest BCUT2D eigenvalue weighted by atomic mass is 10.1. The Kier molecular flexibility index (Phi) is 3.45. The summed E-state index contributed by atoms with van der Waals surface area (Å²) >= 11 is 5.79. The van der Waals surface area contributed by atoms with E-state index in [0.29, 0.717) is 5.69 Å². The van der Waals surface area contributed by atoms with Crippen LogP contribution in [0.4, 0.5) is 15.8 Å². The van der Waals surface area contributed by atoms with Crippen LogP contribution in [0.5, 0.6) is 0 Å². The maximum absolute atomic E-state index is 13.2. The number of morpholine rings is 1. The van der Waals surface area contributed by atoms with E-state index in [1.54, 1.807) is 6.07 Å². The largest absolute Gasteiger partial charge is 0.397 e. The number of nitrogen functional groups attached to an aromatic ring is 1. The lowest BCUT2D eigenvalue weighted by Gasteiger charge is -2.37. The van der Waals surface area contributed by atoms with Gasteiger partial charge >= 0.3 is 0 Å². The standard InChI is InChI=1S/C12H16ClFN2O/c1-7-5-16(6-8(2)17-7)12-3-9(13)10(14)4-11(12)15/h3-4,7-8H,5-6,15H2,1-2H3/t7-,8+. The van der Waals surface area contributed by atoms with E-state index in [-0.39, 0.29) is 17.2 Å². The first-order valence-corrected chi connectivity index (χ1v) is 6.00. The molecular weight excluding hydrogens is 243 g/mol. The topological polar surface area (TPSA) is 38.5 Å². The average molecular weight is 259 g/mol. The van der Waals surface area contributed by atoms with Crippen molar-refractivity contribution in [3.8, 4) is 0 Å². The Bertz CT molecular complexity index is 417. The summed E-state index contributed by atoms with van der Waals surface area (Å²) in [6.07, 6.45) is 0.254. The fraction of sp³-hybridized carbons (Fsp3) is 0.500. The molecule has 1 aliphatic heterocycles. The van der Waals surface area contributed by atoms with E-state index in [0.717, 1.165) is 18.8 Å². The first-order valence-electron chi connectivity index (χ1n) is 5.62. The minimum Gasteiger partial charge on any atom is -0.397 e. The maximum Gasteiger partial charge on any atom is 0.143 e. The van der Waals surface area contributed by atoms with Crippen LogP contribution in [0.2, 0.25) is 5.02 Å². The van der Waals surface area contributed by atoms with Crippen LogP contribution in [0.15, 0.2) is 12.1 Å². The van der Waals surface area contributed by atoms with Gasteiger partial charge < -0.3 is 15.4 Å². The molecular formula is C12H16ClFN2O. The van der Waals surface area contributed by atoms with E-state index >= 15 is 0 Å². The number of benzene rings is 1. The molecule has 1 aliphatic rings. The van der Waals surface area contributed by atoms with Crippen LogP contribution in [0.1, 0.15) is 13.8 Å². The van der Waals surface area contributed by atoms with Crippen molar-refractivity contribution in [1.29, 1.82) is 0 Å². The van der Waals surface area contributed by atoms with Gasteiger partial charge in [-0.25, -0.2) is 4.39 Å². The van der Waals surface area contributed by atoms with Crippen molar-refractivity contribution in [2.24, 2.45) is 0 Å². The molecule has 2 N–H and O–H groups in total. The molecule has 94 valence electrons. The summed E-state index contributed by atoms with van der Waals surface area (Å²) < 4.78 is 18.9. The molecule has 0 radical (unpaired) electrons. The van der Waals surface area contributed by atoms with Crippen molar-refractivity contribution in [1.82, 2.24) is 0 Å². The molecule has 1 aromatic carbocycles. The Morgan fingerprint density at radius 3 is 2.53 bits per heavy atom. The molecule has 1 saturated heterocycles. The van der Waals surface area contributed by atoms with Crippen LogP contribution in [0.3, 0.4) is 0 Å². The zero-order valence-corrected chi connectivity index (χ0v) is 10.7. The number of hydrogen-bond acceptors (Lipinski definition) is 3. The predicted molar refractivity (Wildman–Crippen MR) is 68.0 cm³/mol. The number of nitrogens with zero attached hydrogens (tertiary/aromatic N) is 1. The number of ether oxygens (including phenoxy) is 1. The van der Waals surface area contributed by atoms with Gasteiger partial charge in [0.25, 0.3) is 0 Å². The van der Waals surface area contributed by atoms with Crippen molar-refractivity contribution in [2.75, 3.05) is 23.7 Å². The summed E-state index contributed by atoms with van der Waals surface area (Å²) in [4.78, 5) is 2.08. The number of nitrogens with two attached hydrogens (primary N) is 1. The fourth-order valence-electron chi connectivity index (χ4n) is 2.20. The second kappa shape index (κ2) is 4.70. The quantitative estimate of drug-likeness (QED) is 0.787. The fourth-order valence-corrected chi connectivity index (χ4v) is 2.36. The monoisotopic (exact) mass is 258 g/mol. The van der Waals surface area contributed by atoms with Crippen LogP contribution in [-0.2, 0) is 4.74 Å². The Morgan fingerprint density at radius 2 is 1.94 bits per heavy atom. The van der Waals surface area contributed by atoms with E-state index in [2.05, 4.69) is 4.90 Å². The first kappa shape index (κ1) is 12.5. The van der Waals surface area contributed by atoms with E-state index in [1.807, 2.05) is 13.8 Å². The average Bonchev–Trinajstić information content (AvgIpc) is 2.22. The zero-order valence-electron chi connectivity index (χ0n) is 9.91. The zero-order chi connectivity index (χ0) is 12.6. The highest BCUT2D eigenvalue weighted by Crippen LogP contribution is 2.31. The van der Waals surface area contributed by atoms with Crippen molar-refractivity contribution in [2.45, 2.75) is 26.1 Å². The molecule has 0 aliphatic carbocycles. The van der Waals surface area contributed by atoms with Crippen LogP contribution >= 0.6 is 11.6 Å². The highest BCUT2D eigenvalue weighted by Gasteiger charge is 2.24. The highest BCUT2D eigenvalue weighted by molar-refractivity contribution is 6.31. The molecule has 0 aromatic heterocycles. The van der Waals surface area contributed by atoms with Gasteiger partial charge in [0.2, 0.25) is 0 Å². The normalized spacial score (nSPS) is 25.1. The van der Waals surface area contributed by atoms with Gasteiger partial charge in [-0.05, 0) is 19.9 Å². The number of hydrogen-bond donors (Lipinski definition) is 1. The van der Waals surface area contributed by atoms with Gasteiger partial charge in [-0.1, -0.05) is 11.6 Å². The Hall–Kier alpha value is -1.00. The third-order valence-corrected chi connectivity index (χ3v) is 3.12. The van der Waals surface area contributed by atoms with Crippen LogP contribution in [0.25, 0.3) is 0 Å². The molecule has 1 heterocycles. The minimum absolute atomic E-state index is 0.0981. The van der Waals surface area contributed by atoms with Gasteiger partial charge in [-0.3, -0.25) is 0 Å². The molecule has 3 nitrogen and oxygen atoms in total. The molecule has 0 bridgehead atoms. The van der Waals surface area contributed by atoms with E-state index in [9.17, 15) is 4.39 Å². The molecule has 0 spiro atoms. The van der Waals surface area contributed by atoms with Crippen molar-refractivity contribution >= 4 is 23.0 Å². The third kappa shape index (κ3) is 2.64. The second-order valence-electron chi connectivity index (χ2n) is 4.49. The summed E-state index contributed by atoms with van der Waals surface area (Å²) in [5.41, 5.74) is 7.02. The Labute approximate surface area is 105 Å². The first-order chi connectivity index (χ1) is 7.97. The van der Waals surface area contributed by atoms with Crippen LogP contribution in [-0.4, -0.2) is 25.3 Å². The number of anilines is 2. The summed E-state index contributed by atoms with van der Waals surface area (Å²) in [7, 11) is 0. The second-order valence-corrected chi connectivity index (χ2v) is 4.89. The van der Waals surface area contributed by atoms with Crippen LogP contribution in [0, 0.1) is 5.82 Å². The molecule has 0 unspecified atom stereocenters. The molecule has 0 saturated carbocycles. The summed E-state index contributed by atoms with van der Waals surface area (Å²) in [5.74, 6) is -0.484. The number of rotatable bonds is 1. The summed E-state index contributed by atoms with van der Waals surface area (Å²) in [6, 6.07) is 2.85. The minimum atomic E-state index is -0.484. The van der Waals surface area contributed by atoms with Crippen LogP contribution < -0.4 is 10.6 Å². The number of halogens is 2. The summed E-state index contributed by atoms with van der Waals surface area (Å²) in [6.45, 7) is 5.47. The molecule has 1 fully saturated rings. The molecule has 17 heavy (non-hydrogen) atoms. The van der Waals surface area contributed by atoms with E-state index in [4.69, 9.17) is 22.1 Å². The molecule has 2 rings (SSSR count). The Morgan fingerprint density at radius 1 is 1.35 bits per heavy atom. The third-order valence-electron chi connectivity index (χ3n) is 2.83. The smallest absolute Gasteiger partial charge is 0.143 e. The van der Waals surface area contributed by atoms with E-state index < -0.39 is 5.82 Å². The molecule has 0 amide bonds. The van der Waals surface area contributed by atoms with Gasteiger partial charge in [0, 0.05) is 19.2 Å². The van der Waals surface area contributed by atoms with Crippen molar-refractivity contribution in [3.05, 3.63) is 23.0 Å². The SMILES string of the molecule is C[C@@H]1CN(c2cc(Cl)c(F)cc2N)C[C@H](C)O1. The maximum atomic E-state index is 13.2. The predicted octanol–water partition coefficient (Wildman–Crippen LogP) is 2.67. The molecule has 2 atom stereocenters. The molecule has 5 heteroatoms. The van der Waals surface area contributed by atoms with Gasteiger partial charge in [0.1, 0.15) is 5.82 Å². The highest BCUT2D eigenvalue weighted by atomic mass is 35.5. The van der Waals surface area contributed by atoms with Gasteiger partial charge in [-0.2, -0.15) is 0 Å². The Balaban J connectivity index is 2.30. The molecule has 1 aromatic rings. The summed E-state index contributed by atoms with van der Waals surface area (Å²) in [5, 5.41) is 0.0981. The van der Waals surface area contributed by atoms with Gasteiger partial charge in [0.05, 0.1) is 28.6 Å². The van der Waals surface area contributed by atoms with Crippen molar-refractivity contribution < 1.29 is 9.13 Å².